The molecule has 1 N–H and O–H groups in total. The number of nitrogens with one attached hydrogen (secondary N) is 1. The van der Waals surface area contributed by atoms with Gasteiger partial charge in [-0.05, 0) is 27.4 Å². The molecular weight excluding hydrogens is 180 g/mol. The quantitative estimate of drug-likeness (QED) is 0.656. The molecule has 0 fully saturated rings. The fourth-order valence-electron chi connectivity index (χ4n) is 1.50. The first-order chi connectivity index (χ1) is 6.02. The summed E-state index contributed by atoms with van der Waals surface area (Å²) in [5.41, 5.74) is 2.25. The van der Waals surface area contributed by atoms with Crippen LogP contribution >= 0.6 is 12.6 Å². The molecule has 0 saturated carbocycles. The van der Waals surface area contributed by atoms with E-state index in [1.807, 2.05) is 0 Å². The zero-order chi connectivity index (χ0) is 10.0. The largest absolute Gasteiger partial charge is 0.361 e. The summed E-state index contributed by atoms with van der Waals surface area (Å²) >= 11 is 4.38. The molecule has 2 atom stereocenters. The van der Waals surface area contributed by atoms with E-state index in [1.165, 1.54) is 5.70 Å². The van der Waals surface area contributed by atoms with Crippen molar-refractivity contribution in [3.05, 3.63) is 24.0 Å². The minimum atomic E-state index is 0.264. The van der Waals surface area contributed by atoms with Crippen molar-refractivity contribution >= 4 is 12.6 Å². The average Bonchev–Trinajstić information content (AvgIpc) is 2.03. The Morgan fingerprint density at radius 2 is 2.31 bits per heavy atom. The molecule has 0 radical (unpaired) electrons. The van der Waals surface area contributed by atoms with Gasteiger partial charge in [-0.1, -0.05) is 12.7 Å². The van der Waals surface area contributed by atoms with Gasteiger partial charge in [-0.2, -0.15) is 12.6 Å². The van der Waals surface area contributed by atoms with Crippen LogP contribution in [0.1, 0.15) is 13.3 Å². The lowest BCUT2D eigenvalue weighted by molar-refractivity contribution is 0.316. The minimum Gasteiger partial charge on any atom is -0.361 e. The summed E-state index contributed by atoms with van der Waals surface area (Å²) in [5.74, 6) is 0. The molecule has 0 aromatic heterocycles. The molecule has 0 aromatic rings. The average molecular weight is 198 g/mol. The van der Waals surface area contributed by atoms with Gasteiger partial charge in [0.25, 0.3) is 0 Å². The second kappa shape index (κ2) is 4.20. The van der Waals surface area contributed by atoms with Crippen molar-refractivity contribution in [2.45, 2.75) is 24.6 Å². The molecule has 0 bridgehead atoms. The van der Waals surface area contributed by atoms with Gasteiger partial charge in [-0.15, -0.1) is 0 Å². The lowest BCUT2D eigenvalue weighted by Crippen LogP contribution is -2.38. The Kier molecular flexibility index (Phi) is 3.45. The summed E-state index contributed by atoms with van der Waals surface area (Å²) in [5, 5.41) is 3.56. The van der Waals surface area contributed by atoms with E-state index in [1.54, 1.807) is 0 Å². The molecule has 3 heteroatoms. The highest BCUT2D eigenvalue weighted by molar-refractivity contribution is 7.81. The summed E-state index contributed by atoms with van der Waals surface area (Å²) in [6.07, 6.45) is 3.23. The van der Waals surface area contributed by atoms with E-state index in [4.69, 9.17) is 0 Å². The van der Waals surface area contributed by atoms with Crippen molar-refractivity contribution in [1.29, 1.82) is 0 Å². The summed E-state index contributed by atoms with van der Waals surface area (Å²) in [7, 11) is 4.14. The third-order valence-electron chi connectivity index (χ3n) is 2.34. The molecule has 2 nitrogen and oxygen atoms in total. The predicted molar refractivity (Wildman–Crippen MR) is 60.9 cm³/mol. The molecule has 74 valence electrons. The summed E-state index contributed by atoms with van der Waals surface area (Å²) < 4.78 is 0. The molecule has 1 heterocycles. The lowest BCUT2D eigenvalue weighted by atomic mass is 10.0. The van der Waals surface area contributed by atoms with Gasteiger partial charge < -0.3 is 10.2 Å². The number of thiol groups is 1. The maximum atomic E-state index is 4.38. The second-order valence-electron chi connectivity index (χ2n) is 3.70. The Labute approximate surface area is 86.1 Å². The Morgan fingerprint density at radius 1 is 1.69 bits per heavy atom. The molecule has 0 amide bonds. The molecule has 0 aromatic carbocycles. The maximum Gasteiger partial charge on any atom is 0.0522 e. The fourth-order valence-corrected chi connectivity index (χ4v) is 1.67. The molecule has 0 saturated heterocycles. The predicted octanol–water partition coefficient (Wildman–Crippen LogP) is 1.63. The number of likely N-dealkylation sites (N-methyl/N-ethyl adjacent to an activating group) is 1. The molecule has 2 unspecified atom stereocenters. The summed E-state index contributed by atoms with van der Waals surface area (Å²) in [6.45, 7) is 6.08. The van der Waals surface area contributed by atoms with Crippen molar-refractivity contribution in [2.24, 2.45) is 0 Å². The molecule has 0 aliphatic carbocycles. The molecule has 1 aliphatic rings. The van der Waals surface area contributed by atoms with Crippen LogP contribution in [0.4, 0.5) is 0 Å². The first kappa shape index (κ1) is 10.7. The number of hydrogen-bond donors (Lipinski definition) is 2. The molecular formula is C10H18N2S. The van der Waals surface area contributed by atoms with Crippen LogP contribution in [0.5, 0.6) is 0 Å². The normalized spacial score (nSPS) is 25.5. The van der Waals surface area contributed by atoms with Crippen LogP contribution in [0.15, 0.2) is 24.0 Å². The van der Waals surface area contributed by atoms with E-state index in [2.05, 4.69) is 56.5 Å². The lowest BCUT2D eigenvalue weighted by Gasteiger charge is -2.32. The van der Waals surface area contributed by atoms with E-state index in [0.717, 1.165) is 12.1 Å². The standard InChI is InChI=1S/C10H18N2S/c1-7-10(12(3)4)6-5-9(11-7)8(2)13/h5,8,10-11,13H,1,6H2,2-4H3. The first-order valence-corrected chi connectivity index (χ1v) is 5.04. The van der Waals surface area contributed by atoms with E-state index in [-0.39, 0.29) is 5.25 Å². The molecule has 1 aliphatic heterocycles. The van der Waals surface area contributed by atoms with Crippen LogP contribution in [-0.4, -0.2) is 30.3 Å². The number of rotatable bonds is 2. The van der Waals surface area contributed by atoms with Crippen molar-refractivity contribution in [3.8, 4) is 0 Å². The van der Waals surface area contributed by atoms with E-state index in [9.17, 15) is 0 Å². The van der Waals surface area contributed by atoms with Gasteiger partial charge in [-0.3, -0.25) is 0 Å². The summed E-state index contributed by atoms with van der Waals surface area (Å²) in [6, 6.07) is 0.413. The summed E-state index contributed by atoms with van der Waals surface area (Å²) in [4.78, 5) is 2.17. The topological polar surface area (TPSA) is 15.3 Å². The zero-order valence-corrected chi connectivity index (χ0v) is 9.44. The minimum absolute atomic E-state index is 0.264. The van der Waals surface area contributed by atoms with Gasteiger partial charge in [0.05, 0.1) is 6.04 Å². The van der Waals surface area contributed by atoms with E-state index < -0.39 is 0 Å². The first-order valence-electron chi connectivity index (χ1n) is 4.52. The van der Waals surface area contributed by atoms with Crippen LogP contribution in [-0.2, 0) is 0 Å². The highest BCUT2D eigenvalue weighted by Gasteiger charge is 2.20. The maximum absolute atomic E-state index is 4.38. The number of hydrogen-bond acceptors (Lipinski definition) is 3. The number of nitrogens with zero attached hydrogens (tertiary/aromatic N) is 1. The Morgan fingerprint density at radius 3 is 2.69 bits per heavy atom. The van der Waals surface area contributed by atoms with Crippen molar-refractivity contribution in [1.82, 2.24) is 10.2 Å². The third kappa shape index (κ3) is 2.51. The van der Waals surface area contributed by atoms with Gasteiger partial charge in [0.15, 0.2) is 0 Å². The Bertz CT molecular complexity index is 231. The van der Waals surface area contributed by atoms with Crippen LogP contribution in [0.2, 0.25) is 0 Å². The molecule has 0 spiro atoms. The monoisotopic (exact) mass is 198 g/mol. The van der Waals surface area contributed by atoms with E-state index >= 15 is 0 Å². The third-order valence-corrected chi connectivity index (χ3v) is 2.62. The van der Waals surface area contributed by atoms with Gasteiger partial charge in [0.2, 0.25) is 0 Å². The van der Waals surface area contributed by atoms with Crippen molar-refractivity contribution in [2.75, 3.05) is 14.1 Å². The van der Waals surface area contributed by atoms with Crippen LogP contribution < -0.4 is 5.32 Å². The Balaban J connectivity index is 2.69. The SMILES string of the molecule is C=C1NC(C(C)S)=CCC1N(C)C. The molecule has 1 rings (SSSR count). The second-order valence-corrected chi connectivity index (χ2v) is 4.48. The highest BCUT2D eigenvalue weighted by Crippen LogP contribution is 2.19. The highest BCUT2D eigenvalue weighted by atomic mass is 32.1. The van der Waals surface area contributed by atoms with Crippen molar-refractivity contribution < 1.29 is 0 Å². The van der Waals surface area contributed by atoms with Crippen LogP contribution in [0, 0.1) is 0 Å². The van der Waals surface area contributed by atoms with E-state index in [0.29, 0.717) is 6.04 Å². The van der Waals surface area contributed by atoms with Crippen LogP contribution in [0.25, 0.3) is 0 Å². The Hall–Kier alpha value is -0.410. The van der Waals surface area contributed by atoms with Gasteiger partial charge in [0, 0.05) is 16.6 Å². The van der Waals surface area contributed by atoms with Gasteiger partial charge >= 0.3 is 0 Å². The van der Waals surface area contributed by atoms with Gasteiger partial charge in [-0.25, -0.2) is 0 Å². The van der Waals surface area contributed by atoms with Gasteiger partial charge in [0.1, 0.15) is 0 Å². The molecule has 13 heavy (non-hydrogen) atoms. The smallest absolute Gasteiger partial charge is 0.0522 e. The zero-order valence-electron chi connectivity index (χ0n) is 8.54. The fraction of sp³-hybridized carbons (Fsp3) is 0.600. The van der Waals surface area contributed by atoms with Crippen molar-refractivity contribution in [3.63, 3.8) is 0 Å². The van der Waals surface area contributed by atoms with Crippen LogP contribution in [0.3, 0.4) is 0 Å².